The summed E-state index contributed by atoms with van der Waals surface area (Å²) in [6.07, 6.45) is 8.17. The number of anilines is 2. The molecule has 0 amide bonds. The van der Waals surface area contributed by atoms with Gasteiger partial charge in [0.25, 0.3) is 0 Å². The van der Waals surface area contributed by atoms with Gasteiger partial charge in [-0.1, -0.05) is 30.3 Å². The summed E-state index contributed by atoms with van der Waals surface area (Å²) < 4.78 is 0. The third kappa shape index (κ3) is 3.93. The van der Waals surface area contributed by atoms with Crippen LogP contribution in [0.25, 0.3) is 0 Å². The van der Waals surface area contributed by atoms with Gasteiger partial charge in [-0.25, -0.2) is 4.98 Å². The molecule has 0 spiro atoms. The van der Waals surface area contributed by atoms with E-state index in [0.717, 1.165) is 24.4 Å². The van der Waals surface area contributed by atoms with E-state index in [2.05, 4.69) is 64.6 Å². The second kappa shape index (κ2) is 7.85. The highest BCUT2D eigenvalue weighted by atomic mass is 15.1. The van der Waals surface area contributed by atoms with Gasteiger partial charge in [0.1, 0.15) is 5.82 Å². The predicted octanol–water partition coefficient (Wildman–Crippen LogP) is 3.81. The average molecular weight is 366 g/mol. The molecule has 1 saturated carbocycles. The first-order valence-electron chi connectivity index (χ1n) is 10.3. The second-order valence-corrected chi connectivity index (χ2v) is 8.26. The van der Waals surface area contributed by atoms with Crippen molar-refractivity contribution in [2.75, 3.05) is 25.1 Å². The lowest BCUT2D eigenvalue weighted by atomic mass is 9.82. The molecule has 0 radical (unpaired) electrons. The molecule has 4 rings (SSSR count). The minimum atomic E-state index is 0.324. The molecule has 2 aliphatic rings. The van der Waals surface area contributed by atoms with Gasteiger partial charge in [0, 0.05) is 23.6 Å². The van der Waals surface area contributed by atoms with E-state index in [1.165, 1.54) is 43.2 Å². The number of aromatic nitrogens is 2. The third-order valence-corrected chi connectivity index (χ3v) is 6.28. The Kier molecular flexibility index (Phi) is 5.30. The van der Waals surface area contributed by atoms with E-state index >= 15 is 0 Å². The van der Waals surface area contributed by atoms with Crippen LogP contribution in [0.4, 0.5) is 11.8 Å². The second-order valence-electron chi connectivity index (χ2n) is 8.26. The Morgan fingerprint density at radius 2 is 1.74 bits per heavy atom. The van der Waals surface area contributed by atoms with E-state index in [0.29, 0.717) is 23.9 Å². The van der Waals surface area contributed by atoms with Crippen molar-refractivity contribution in [3.63, 3.8) is 0 Å². The van der Waals surface area contributed by atoms with Crippen molar-refractivity contribution in [2.24, 2.45) is 0 Å². The van der Waals surface area contributed by atoms with Crippen molar-refractivity contribution < 1.29 is 0 Å². The zero-order valence-corrected chi connectivity index (χ0v) is 16.5. The number of nitrogen functional groups attached to an aromatic ring is 1. The van der Waals surface area contributed by atoms with E-state index in [-0.39, 0.29) is 0 Å². The van der Waals surface area contributed by atoms with Gasteiger partial charge in [-0.15, -0.1) is 0 Å². The van der Waals surface area contributed by atoms with Crippen LogP contribution in [0, 0.1) is 0 Å². The maximum atomic E-state index is 6.12. The number of nitrogens with two attached hydrogens (primary N) is 1. The molecule has 1 atom stereocenters. The van der Waals surface area contributed by atoms with Gasteiger partial charge in [-0.3, -0.25) is 0 Å². The van der Waals surface area contributed by atoms with Crippen molar-refractivity contribution in [1.82, 2.24) is 14.9 Å². The molecule has 1 unspecified atom stereocenters. The molecule has 2 aromatic rings. The molecule has 1 heterocycles. The Labute approximate surface area is 162 Å². The minimum absolute atomic E-state index is 0.324. The van der Waals surface area contributed by atoms with Gasteiger partial charge < -0.3 is 16.0 Å². The number of nitrogens with zero attached hydrogens (tertiary/aromatic N) is 3. The van der Waals surface area contributed by atoms with Crippen molar-refractivity contribution >= 4 is 11.8 Å². The summed E-state index contributed by atoms with van der Waals surface area (Å²) in [7, 11) is 4.37. The Bertz CT molecular complexity index is 766. The molecule has 3 N–H and O–H groups in total. The number of benzene rings is 1. The lowest BCUT2D eigenvalue weighted by Crippen LogP contribution is -2.36. The number of hydrogen-bond donors (Lipinski definition) is 2. The topological polar surface area (TPSA) is 67.1 Å². The average Bonchev–Trinajstić information content (AvgIpc) is 2.68. The molecule has 0 saturated heterocycles. The van der Waals surface area contributed by atoms with Crippen LogP contribution in [0.15, 0.2) is 30.3 Å². The quantitative estimate of drug-likeness (QED) is 0.862. The zero-order valence-electron chi connectivity index (χ0n) is 16.5. The SMILES string of the molecule is CN(C)C1CCC(Nc2nc(N)nc3c2CCCC3c2ccccc2)CC1. The maximum Gasteiger partial charge on any atom is 0.222 e. The molecular weight excluding hydrogens is 334 g/mol. The van der Waals surface area contributed by atoms with E-state index in [4.69, 9.17) is 5.73 Å². The Morgan fingerprint density at radius 3 is 2.44 bits per heavy atom. The van der Waals surface area contributed by atoms with Crippen molar-refractivity contribution in [3.05, 3.63) is 47.2 Å². The first-order chi connectivity index (χ1) is 13.1. The van der Waals surface area contributed by atoms with Gasteiger partial charge in [-0.2, -0.15) is 4.98 Å². The number of nitrogens with one attached hydrogen (secondary N) is 1. The van der Waals surface area contributed by atoms with Gasteiger partial charge in [-0.05, 0) is 64.6 Å². The van der Waals surface area contributed by atoms with Crippen LogP contribution in [0.1, 0.15) is 61.3 Å². The molecule has 0 aliphatic heterocycles. The molecule has 144 valence electrons. The van der Waals surface area contributed by atoms with Gasteiger partial charge >= 0.3 is 0 Å². The van der Waals surface area contributed by atoms with Crippen LogP contribution in [0.5, 0.6) is 0 Å². The summed E-state index contributed by atoms with van der Waals surface area (Å²) in [5.41, 5.74) is 9.85. The molecular formula is C22H31N5. The summed E-state index contributed by atoms with van der Waals surface area (Å²) in [4.78, 5) is 11.6. The molecule has 1 aromatic heterocycles. The molecule has 1 fully saturated rings. The Morgan fingerprint density at radius 1 is 1.00 bits per heavy atom. The summed E-state index contributed by atoms with van der Waals surface area (Å²) >= 11 is 0. The fraction of sp³-hybridized carbons (Fsp3) is 0.545. The van der Waals surface area contributed by atoms with Crippen molar-refractivity contribution in [1.29, 1.82) is 0 Å². The molecule has 5 heteroatoms. The minimum Gasteiger partial charge on any atom is -0.368 e. The maximum absolute atomic E-state index is 6.12. The van der Waals surface area contributed by atoms with Crippen LogP contribution >= 0.6 is 0 Å². The monoisotopic (exact) mass is 365 g/mol. The van der Waals surface area contributed by atoms with E-state index in [1.807, 2.05) is 0 Å². The van der Waals surface area contributed by atoms with Gasteiger partial charge in [0.15, 0.2) is 0 Å². The van der Waals surface area contributed by atoms with E-state index in [9.17, 15) is 0 Å². The van der Waals surface area contributed by atoms with Crippen LogP contribution < -0.4 is 11.1 Å². The van der Waals surface area contributed by atoms with Crippen LogP contribution in [0.3, 0.4) is 0 Å². The largest absolute Gasteiger partial charge is 0.368 e. The smallest absolute Gasteiger partial charge is 0.222 e. The molecule has 2 aliphatic carbocycles. The van der Waals surface area contributed by atoms with Crippen molar-refractivity contribution in [2.45, 2.75) is 62.9 Å². The van der Waals surface area contributed by atoms with Crippen LogP contribution in [-0.4, -0.2) is 41.0 Å². The zero-order chi connectivity index (χ0) is 18.8. The highest BCUT2D eigenvalue weighted by Gasteiger charge is 2.29. The fourth-order valence-corrected chi connectivity index (χ4v) is 4.73. The summed E-state index contributed by atoms with van der Waals surface area (Å²) in [6.45, 7) is 0. The van der Waals surface area contributed by atoms with Gasteiger partial charge in [0.05, 0.1) is 5.69 Å². The lowest BCUT2D eigenvalue weighted by molar-refractivity contribution is 0.221. The molecule has 0 bridgehead atoms. The Balaban J connectivity index is 1.57. The molecule has 5 nitrogen and oxygen atoms in total. The van der Waals surface area contributed by atoms with Crippen LogP contribution in [0.2, 0.25) is 0 Å². The fourth-order valence-electron chi connectivity index (χ4n) is 4.73. The van der Waals surface area contributed by atoms with Gasteiger partial charge in [0.2, 0.25) is 5.95 Å². The summed E-state index contributed by atoms with van der Waals surface area (Å²) in [6, 6.07) is 11.9. The number of fused-ring (bicyclic) bond motifs is 1. The normalized spacial score (nSPS) is 25.2. The standard InChI is InChI=1S/C22H31N5/c1-27(2)17-13-11-16(12-14-17)24-21-19-10-6-9-18(15-7-4-3-5-8-15)20(19)25-22(23)26-21/h3-5,7-8,16-18H,6,9-14H2,1-2H3,(H3,23,24,25,26). The first-order valence-corrected chi connectivity index (χ1v) is 10.3. The molecule has 1 aromatic carbocycles. The van der Waals surface area contributed by atoms with E-state index < -0.39 is 0 Å². The molecule has 27 heavy (non-hydrogen) atoms. The first kappa shape index (κ1) is 18.2. The van der Waals surface area contributed by atoms with Crippen molar-refractivity contribution in [3.8, 4) is 0 Å². The van der Waals surface area contributed by atoms with E-state index in [1.54, 1.807) is 0 Å². The van der Waals surface area contributed by atoms with Crippen LogP contribution in [-0.2, 0) is 6.42 Å². The third-order valence-electron chi connectivity index (χ3n) is 6.28. The highest BCUT2D eigenvalue weighted by Crippen LogP contribution is 2.38. The summed E-state index contributed by atoms with van der Waals surface area (Å²) in [5, 5.41) is 3.73. The number of rotatable bonds is 4. The number of hydrogen-bond acceptors (Lipinski definition) is 5. The Hall–Kier alpha value is -2.14. The summed E-state index contributed by atoms with van der Waals surface area (Å²) in [5.74, 6) is 1.69. The predicted molar refractivity (Wildman–Crippen MR) is 111 cm³/mol. The lowest BCUT2D eigenvalue weighted by Gasteiger charge is -2.34. The highest BCUT2D eigenvalue weighted by molar-refractivity contribution is 5.54.